The van der Waals surface area contributed by atoms with Gasteiger partial charge in [-0.1, -0.05) is 30.3 Å². The Morgan fingerprint density at radius 2 is 2.17 bits per heavy atom. The Hall–Kier alpha value is -1.37. The van der Waals surface area contributed by atoms with Crippen molar-refractivity contribution in [2.24, 2.45) is 0 Å². The van der Waals surface area contributed by atoms with Crippen molar-refractivity contribution in [1.82, 2.24) is 9.80 Å². The molecule has 1 aromatic rings. The molecule has 0 aliphatic carbocycles. The summed E-state index contributed by atoms with van der Waals surface area (Å²) >= 11 is 0. The van der Waals surface area contributed by atoms with Gasteiger partial charge in [-0.3, -0.25) is 9.80 Å². The molecule has 0 spiro atoms. The monoisotopic (exact) mass is 243 g/mol. The second kappa shape index (κ2) is 5.99. The van der Waals surface area contributed by atoms with Crippen LogP contribution >= 0.6 is 0 Å². The van der Waals surface area contributed by atoms with Crippen LogP contribution in [0.2, 0.25) is 0 Å². The van der Waals surface area contributed by atoms with Gasteiger partial charge >= 0.3 is 0 Å². The number of rotatable bonds is 4. The van der Waals surface area contributed by atoms with Crippen LogP contribution in [0, 0.1) is 11.3 Å². The van der Waals surface area contributed by atoms with E-state index in [4.69, 9.17) is 5.26 Å². The zero-order chi connectivity index (χ0) is 13.0. The first-order chi connectivity index (χ1) is 8.72. The van der Waals surface area contributed by atoms with E-state index >= 15 is 0 Å². The van der Waals surface area contributed by atoms with E-state index in [2.05, 4.69) is 53.1 Å². The molecule has 0 amide bonds. The molecule has 3 heteroatoms. The molecule has 2 rings (SSSR count). The summed E-state index contributed by atoms with van der Waals surface area (Å²) in [5, 5.41) is 8.74. The minimum absolute atomic E-state index is 0.465. The summed E-state index contributed by atoms with van der Waals surface area (Å²) in [6.45, 7) is 4.98. The molecule has 0 aromatic heterocycles. The van der Waals surface area contributed by atoms with E-state index in [1.54, 1.807) is 0 Å². The first kappa shape index (κ1) is 13.1. The Bertz CT molecular complexity index is 409. The molecule has 1 aromatic carbocycles. The summed E-state index contributed by atoms with van der Waals surface area (Å²) in [6.07, 6.45) is 1.16. The maximum atomic E-state index is 8.74. The van der Waals surface area contributed by atoms with Gasteiger partial charge in [-0.15, -0.1) is 0 Å². The molecule has 2 unspecified atom stereocenters. The average Bonchev–Trinajstić information content (AvgIpc) is 2.89. The summed E-state index contributed by atoms with van der Waals surface area (Å²) in [5.74, 6) is 0. The van der Waals surface area contributed by atoms with Crippen molar-refractivity contribution in [3.63, 3.8) is 0 Å². The Morgan fingerprint density at radius 1 is 1.44 bits per heavy atom. The second-order valence-electron chi connectivity index (χ2n) is 5.10. The maximum absolute atomic E-state index is 8.74. The van der Waals surface area contributed by atoms with Crippen LogP contribution in [0.4, 0.5) is 0 Å². The fraction of sp³-hybridized carbons (Fsp3) is 0.533. The standard InChI is InChI=1S/C15H21N3/c1-13(14-6-4-3-5-7-14)18-10-8-15(12-18)17(2)11-9-16/h3-7,13,15H,8,10-12H2,1-2H3. The van der Waals surface area contributed by atoms with Crippen molar-refractivity contribution in [2.75, 3.05) is 26.7 Å². The topological polar surface area (TPSA) is 30.3 Å². The Morgan fingerprint density at radius 3 is 2.83 bits per heavy atom. The van der Waals surface area contributed by atoms with Crippen molar-refractivity contribution in [2.45, 2.75) is 25.4 Å². The van der Waals surface area contributed by atoms with Crippen LogP contribution in [0.3, 0.4) is 0 Å². The van der Waals surface area contributed by atoms with Crippen molar-refractivity contribution in [1.29, 1.82) is 5.26 Å². The van der Waals surface area contributed by atoms with E-state index in [0.717, 1.165) is 19.5 Å². The van der Waals surface area contributed by atoms with Crippen molar-refractivity contribution in [3.8, 4) is 6.07 Å². The molecule has 1 fully saturated rings. The van der Waals surface area contributed by atoms with Gasteiger partial charge in [0.1, 0.15) is 0 Å². The molecule has 96 valence electrons. The van der Waals surface area contributed by atoms with Crippen LogP contribution in [0.15, 0.2) is 30.3 Å². The van der Waals surface area contributed by atoms with Crippen molar-refractivity contribution in [3.05, 3.63) is 35.9 Å². The minimum atomic E-state index is 0.465. The first-order valence-corrected chi connectivity index (χ1v) is 6.58. The van der Waals surface area contributed by atoms with Crippen molar-refractivity contribution < 1.29 is 0 Å². The summed E-state index contributed by atoms with van der Waals surface area (Å²) in [4.78, 5) is 4.67. The Kier molecular flexibility index (Phi) is 4.35. The highest BCUT2D eigenvalue weighted by Gasteiger charge is 2.28. The molecular formula is C15H21N3. The van der Waals surface area contributed by atoms with Gasteiger partial charge in [-0.05, 0) is 26.0 Å². The lowest BCUT2D eigenvalue weighted by Gasteiger charge is -2.26. The van der Waals surface area contributed by atoms with Gasteiger partial charge in [-0.2, -0.15) is 5.26 Å². The van der Waals surface area contributed by atoms with Gasteiger partial charge in [0.15, 0.2) is 0 Å². The zero-order valence-electron chi connectivity index (χ0n) is 11.2. The molecule has 0 bridgehead atoms. The zero-order valence-corrected chi connectivity index (χ0v) is 11.2. The van der Waals surface area contributed by atoms with Gasteiger partial charge in [-0.25, -0.2) is 0 Å². The molecule has 1 saturated heterocycles. The number of likely N-dealkylation sites (tertiary alicyclic amines) is 1. The molecule has 0 N–H and O–H groups in total. The number of benzene rings is 1. The normalized spacial score (nSPS) is 22.0. The van der Waals surface area contributed by atoms with Gasteiger partial charge in [0.05, 0.1) is 12.6 Å². The summed E-state index contributed by atoms with van der Waals surface area (Å²) in [6, 6.07) is 13.9. The first-order valence-electron chi connectivity index (χ1n) is 6.58. The highest BCUT2D eigenvalue weighted by Crippen LogP contribution is 2.25. The van der Waals surface area contributed by atoms with Gasteiger partial charge < -0.3 is 0 Å². The largest absolute Gasteiger partial charge is 0.295 e. The van der Waals surface area contributed by atoms with E-state index in [9.17, 15) is 0 Å². The predicted molar refractivity (Wildman–Crippen MR) is 73.1 cm³/mol. The van der Waals surface area contributed by atoms with Crippen LogP contribution in [0.1, 0.15) is 24.9 Å². The van der Waals surface area contributed by atoms with Crippen LogP contribution in [0.25, 0.3) is 0 Å². The molecular weight excluding hydrogens is 222 g/mol. The molecule has 0 saturated carbocycles. The smallest absolute Gasteiger partial charge is 0.0866 e. The third-order valence-corrected chi connectivity index (χ3v) is 3.97. The average molecular weight is 243 g/mol. The van der Waals surface area contributed by atoms with Crippen LogP contribution in [-0.4, -0.2) is 42.5 Å². The maximum Gasteiger partial charge on any atom is 0.0866 e. The molecule has 0 radical (unpaired) electrons. The SMILES string of the molecule is CC(c1ccccc1)N1CCC(N(C)CC#N)C1. The highest BCUT2D eigenvalue weighted by atomic mass is 15.3. The number of nitriles is 1. The van der Waals surface area contributed by atoms with Crippen LogP contribution in [0.5, 0.6) is 0 Å². The van der Waals surface area contributed by atoms with E-state index in [0.29, 0.717) is 18.6 Å². The third kappa shape index (κ3) is 2.90. The fourth-order valence-corrected chi connectivity index (χ4v) is 2.66. The van der Waals surface area contributed by atoms with E-state index in [1.807, 2.05) is 7.05 Å². The number of hydrogen-bond acceptors (Lipinski definition) is 3. The molecule has 2 atom stereocenters. The van der Waals surface area contributed by atoms with Gasteiger partial charge in [0.2, 0.25) is 0 Å². The number of nitrogens with zero attached hydrogens (tertiary/aromatic N) is 3. The lowest BCUT2D eigenvalue weighted by atomic mass is 10.1. The predicted octanol–water partition coefficient (Wildman–Crippen LogP) is 2.28. The highest BCUT2D eigenvalue weighted by molar-refractivity contribution is 5.18. The lowest BCUT2D eigenvalue weighted by molar-refractivity contribution is 0.220. The van der Waals surface area contributed by atoms with Gasteiger partial charge in [0, 0.05) is 25.2 Å². The van der Waals surface area contributed by atoms with Crippen molar-refractivity contribution >= 4 is 0 Å². The molecule has 3 nitrogen and oxygen atoms in total. The van der Waals surface area contributed by atoms with Crippen LogP contribution < -0.4 is 0 Å². The minimum Gasteiger partial charge on any atom is -0.295 e. The number of likely N-dealkylation sites (N-methyl/N-ethyl adjacent to an activating group) is 1. The van der Waals surface area contributed by atoms with E-state index in [1.165, 1.54) is 5.56 Å². The van der Waals surface area contributed by atoms with E-state index < -0.39 is 0 Å². The molecule has 1 aliphatic rings. The molecule has 18 heavy (non-hydrogen) atoms. The van der Waals surface area contributed by atoms with Crippen LogP contribution in [-0.2, 0) is 0 Å². The van der Waals surface area contributed by atoms with Gasteiger partial charge in [0.25, 0.3) is 0 Å². The van der Waals surface area contributed by atoms with E-state index in [-0.39, 0.29) is 0 Å². The summed E-state index contributed by atoms with van der Waals surface area (Å²) in [7, 11) is 2.05. The lowest BCUT2D eigenvalue weighted by Crippen LogP contribution is -2.35. The molecule has 1 heterocycles. The second-order valence-corrected chi connectivity index (χ2v) is 5.10. The summed E-state index contributed by atoms with van der Waals surface area (Å²) < 4.78 is 0. The number of hydrogen-bond donors (Lipinski definition) is 0. The summed E-state index contributed by atoms with van der Waals surface area (Å²) in [5.41, 5.74) is 1.38. The Balaban J connectivity index is 1.95. The molecule has 1 aliphatic heterocycles. The third-order valence-electron chi connectivity index (χ3n) is 3.97. The Labute approximate surface area is 110 Å². The fourth-order valence-electron chi connectivity index (χ4n) is 2.66. The quantitative estimate of drug-likeness (QED) is 0.760.